The van der Waals surface area contributed by atoms with Gasteiger partial charge in [0.05, 0.1) is 0 Å². The number of aromatic nitrogens is 1. The molecule has 0 aromatic carbocycles. The molecule has 2 rings (SSSR count). The molecule has 0 spiro atoms. The molecule has 5 heteroatoms. The van der Waals surface area contributed by atoms with Gasteiger partial charge in [-0.3, -0.25) is 0 Å². The molecule has 0 N–H and O–H groups in total. The summed E-state index contributed by atoms with van der Waals surface area (Å²) in [7, 11) is 0. The largest absolute Gasteiger partial charge is 0.414 e. The van der Waals surface area contributed by atoms with Crippen molar-refractivity contribution in [1.82, 2.24) is 4.37 Å². The Labute approximate surface area is 123 Å². The van der Waals surface area contributed by atoms with E-state index in [-0.39, 0.29) is 4.94 Å². The summed E-state index contributed by atoms with van der Waals surface area (Å²) in [6, 6.07) is 0. The van der Waals surface area contributed by atoms with Crippen LogP contribution >= 0.6 is 23.3 Å². The number of rotatable bonds is 1. The van der Waals surface area contributed by atoms with E-state index in [1.165, 1.54) is 32.1 Å². The van der Waals surface area contributed by atoms with Crippen LogP contribution in [0.25, 0.3) is 0 Å². The van der Waals surface area contributed by atoms with E-state index in [1.54, 1.807) is 6.92 Å². The maximum atomic E-state index is 10.1. The summed E-state index contributed by atoms with van der Waals surface area (Å²) in [6.07, 6.45) is 9.36. The second kappa shape index (κ2) is 9.37. The molecular weight excluding hydrogens is 278 g/mol. The summed E-state index contributed by atoms with van der Waals surface area (Å²) in [6.45, 7) is 6.26. The number of aryl methyl sites for hydroxylation is 1. The lowest BCUT2D eigenvalue weighted by molar-refractivity contribution is 0.492. The van der Waals surface area contributed by atoms with Gasteiger partial charge in [-0.1, -0.05) is 32.8 Å². The number of nitrogens with zero attached hydrogens (tertiary/aromatic N) is 1. The summed E-state index contributed by atoms with van der Waals surface area (Å²) in [5.41, 5.74) is 0. The minimum absolute atomic E-state index is 0.336. The van der Waals surface area contributed by atoms with E-state index in [9.17, 15) is 4.79 Å². The van der Waals surface area contributed by atoms with Gasteiger partial charge >= 0.3 is 4.94 Å². The molecule has 1 aromatic rings. The minimum atomic E-state index is -0.336. The van der Waals surface area contributed by atoms with E-state index >= 15 is 0 Å². The molecule has 2 unspecified atom stereocenters. The number of hydrogen-bond acceptors (Lipinski definition) is 5. The van der Waals surface area contributed by atoms with Crippen LogP contribution in [0.4, 0.5) is 0 Å². The molecule has 0 bridgehead atoms. The topological polar surface area (TPSA) is 43.1 Å². The predicted molar refractivity (Wildman–Crippen MR) is 83.8 cm³/mol. The van der Waals surface area contributed by atoms with Crippen molar-refractivity contribution in [1.29, 1.82) is 0 Å². The quantitative estimate of drug-likeness (QED) is 0.758. The number of hydrogen-bond donors (Lipinski definition) is 0. The Kier molecular flexibility index (Phi) is 8.14. The molecule has 2 atom stereocenters. The smallest absolute Gasteiger partial charge is 0.399 e. The molecule has 108 valence electrons. The summed E-state index contributed by atoms with van der Waals surface area (Å²) in [4.78, 5) is 9.74. The van der Waals surface area contributed by atoms with Gasteiger partial charge in [0.15, 0.2) is 0 Å². The highest BCUT2D eigenvalue weighted by Crippen LogP contribution is 2.25. The first kappa shape index (κ1) is 16.5. The molecule has 2 heterocycles. The van der Waals surface area contributed by atoms with E-state index in [2.05, 4.69) is 34.1 Å². The first-order valence-corrected chi connectivity index (χ1v) is 8.59. The summed E-state index contributed by atoms with van der Waals surface area (Å²) >= 11 is 2.84. The first-order valence-electron chi connectivity index (χ1n) is 6.87. The lowest BCUT2D eigenvalue weighted by atomic mass is 9.99. The Bertz CT molecular complexity index is 425. The molecule has 0 fully saturated rings. The second-order valence-electron chi connectivity index (χ2n) is 4.78. The Morgan fingerprint density at radius 2 is 2.16 bits per heavy atom. The average molecular weight is 301 g/mol. The molecule has 0 aliphatic carbocycles. The highest BCUT2D eigenvalue weighted by molar-refractivity contribution is 8.02. The second-order valence-corrected chi connectivity index (χ2v) is 6.83. The Morgan fingerprint density at radius 3 is 2.68 bits per heavy atom. The van der Waals surface area contributed by atoms with Crippen LogP contribution in [-0.4, -0.2) is 9.62 Å². The van der Waals surface area contributed by atoms with Crippen LogP contribution < -0.4 is 4.94 Å². The van der Waals surface area contributed by atoms with Gasteiger partial charge in [0, 0.05) is 23.7 Å². The summed E-state index contributed by atoms with van der Waals surface area (Å²) < 4.78 is 8.01. The Hall–Kier alpha value is -0.550. The van der Waals surface area contributed by atoms with Crippen molar-refractivity contribution in [3.05, 3.63) is 27.1 Å². The monoisotopic (exact) mass is 301 g/mol. The average Bonchev–Trinajstić information content (AvgIpc) is 2.80. The van der Waals surface area contributed by atoms with Crippen molar-refractivity contribution in [2.75, 3.05) is 0 Å². The van der Waals surface area contributed by atoms with Gasteiger partial charge in [0.25, 0.3) is 0 Å². The third-order valence-corrected chi connectivity index (χ3v) is 4.70. The molecule has 1 aromatic heterocycles. The zero-order valence-corrected chi connectivity index (χ0v) is 13.6. The van der Waals surface area contributed by atoms with E-state index in [4.69, 9.17) is 0 Å². The molecule has 19 heavy (non-hydrogen) atoms. The first-order chi connectivity index (χ1) is 9.11. The fourth-order valence-corrected chi connectivity index (χ4v) is 3.17. The van der Waals surface area contributed by atoms with Crippen LogP contribution in [0, 0.1) is 12.8 Å². The van der Waals surface area contributed by atoms with Gasteiger partial charge in [-0.25, -0.2) is 4.79 Å². The lowest BCUT2D eigenvalue weighted by Gasteiger charge is -2.07. The number of allylic oxidation sites excluding steroid dienone is 1. The predicted octanol–water partition coefficient (Wildman–Crippen LogP) is 4.63. The van der Waals surface area contributed by atoms with Crippen molar-refractivity contribution in [2.24, 2.45) is 5.92 Å². The molecule has 0 saturated carbocycles. The molecule has 1 aliphatic rings. The van der Waals surface area contributed by atoms with E-state index < -0.39 is 0 Å². The fourth-order valence-electron chi connectivity index (χ4n) is 1.89. The Morgan fingerprint density at radius 1 is 1.42 bits per heavy atom. The van der Waals surface area contributed by atoms with Gasteiger partial charge < -0.3 is 4.42 Å². The number of thioether (sulfide) groups is 1. The van der Waals surface area contributed by atoms with Crippen LogP contribution in [-0.2, 0) is 0 Å². The van der Waals surface area contributed by atoms with E-state index in [0.717, 1.165) is 22.7 Å². The normalized spacial score (nSPS) is 25.4. The van der Waals surface area contributed by atoms with Gasteiger partial charge in [0.2, 0.25) is 5.89 Å². The fraction of sp³-hybridized carbons (Fsp3) is 0.714. The molecule has 0 amide bonds. The Balaban J connectivity index is 0.000000218. The maximum absolute atomic E-state index is 10.1. The van der Waals surface area contributed by atoms with E-state index in [1.807, 2.05) is 11.8 Å². The standard InChI is InChI=1S/C11H20S.C3H3NO2S/c1-3-11-7-5-4-6-10(2)12-9-8-11;1-2-4-7-3(5)6-2/h8-11H,3-7H2,1-2H3;1H3/b9-8-;. The van der Waals surface area contributed by atoms with Crippen molar-refractivity contribution in [2.45, 2.75) is 58.1 Å². The lowest BCUT2D eigenvalue weighted by Crippen LogP contribution is -1.94. The van der Waals surface area contributed by atoms with Crippen LogP contribution in [0.3, 0.4) is 0 Å². The van der Waals surface area contributed by atoms with Crippen molar-refractivity contribution in [3.63, 3.8) is 0 Å². The molecule has 3 nitrogen and oxygen atoms in total. The van der Waals surface area contributed by atoms with E-state index in [0.29, 0.717) is 5.89 Å². The van der Waals surface area contributed by atoms with Crippen LogP contribution in [0.2, 0.25) is 0 Å². The van der Waals surface area contributed by atoms with Crippen molar-refractivity contribution >= 4 is 23.3 Å². The third kappa shape index (κ3) is 7.57. The molecule has 1 aliphatic heterocycles. The van der Waals surface area contributed by atoms with Crippen molar-refractivity contribution < 1.29 is 4.42 Å². The molecular formula is C14H23NO2S2. The highest BCUT2D eigenvalue weighted by Gasteiger charge is 2.06. The summed E-state index contributed by atoms with van der Waals surface area (Å²) in [5, 5.41) is 3.15. The van der Waals surface area contributed by atoms with Crippen LogP contribution in [0.5, 0.6) is 0 Å². The van der Waals surface area contributed by atoms with Crippen LogP contribution in [0.1, 0.15) is 51.8 Å². The highest BCUT2D eigenvalue weighted by atomic mass is 32.2. The maximum Gasteiger partial charge on any atom is 0.414 e. The summed E-state index contributed by atoms with van der Waals surface area (Å²) in [5.74, 6) is 1.29. The molecule has 0 saturated heterocycles. The van der Waals surface area contributed by atoms with Gasteiger partial charge in [0.1, 0.15) is 0 Å². The SMILES string of the molecule is CCC1/C=C\SC(C)CCCC1.Cc1nsc(=O)o1. The van der Waals surface area contributed by atoms with Crippen molar-refractivity contribution in [3.8, 4) is 0 Å². The minimum Gasteiger partial charge on any atom is -0.399 e. The van der Waals surface area contributed by atoms with Gasteiger partial charge in [-0.05, 0) is 30.6 Å². The third-order valence-electron chi connectivity index (χ3n) is 3.10. The molecule has 0 radical (unpaired) electrons. The zero-order valence-electron chi connectivity index (χ0n) is 11.9. The van der Waals surface area contributed by atoms with Crippen LogP contribution in [0.15, 0.2) is 20.7 Å². The zero-order chi connectivity index (χ0) is 14.1. The van der Waals surface area contributed by atoms with Gasteiger partial charge in [-0.2, -0.15) is 4.37 Å². The van der Waals surface area contributed by atoms with Gasteiger partial charge in [-0.15, -0.1) is 11.8 Å².